The molecule has 0 amide bonds. The number of aliphatic carboxylic acids is 1. The Hall–Kier alpha value is -2.33. The van der Waals surface area contributed by atoms with Crippen molar-refractivity contribution in [3.05, 3.63) is 70.5 Å². The van der Waals surface area contributed by atoms with Gasteiger partial charge in [0.15, 0.2) is 0 Å². The number of halogens is 2. The molecule has 5 heteroatoms. The third kappa shape index (κ3) is 4.61. The molecule has 0 heterocycles. The predicted molar refractivity (Wildman–Crippen MR) is 78.9 cm³/mol. The first-order valence-electron chi connectivity index (χ1n) is 6.12. The smallest absolute Gasteiger partial charge is 0.328 e. The molecular weight excluding hydrogens is 295 g/mol. The molecule has 0 bridgehead atoms. The fourth-order valence-corrected chi connectivity index (χ4v) is 1.83. The van der Waals surface area contributed by atoms with Gasteiger partial charge in [-0.25, -0.2) is 9.18 Å². The van der Waals surface area contributed by atoms with Crippen molar-refractivity contribution in [2.24, 2.45) is 0 Å². The van der Waals surface area contributed by atoms with Gasteiger partial charge >= 0.3 is 5.97 Å². The van der Waals surface area contributed by atoms with Gasteiger partial charge in [0, 0.05) is 11.1 Å². The van der Waals surface area contributed by atoms with E-state index in [1.165, 1.54) is 18.2 Å². The molecule has 0 saturated heterocycles. The molecule has 0 spiro atoms. The predicted octanol–water partition coefficient (Wildman–Crippen LogP) is 4.16. The SMILES string of the molecule is O=C(O)C=Cc1cc(F)ccc1COc1ccc(Cl)cc1. The van der Waals surface area contributed by atoms with E-state index in [-0.39, 0.29) is 6.61 Å². The minimum atomic E-state index is -1.09. The lowest BCUT2D eigenvalue weighted by Crippen LogP contribution is -1.99. The van der Waals surface area contributed by atoms with Crippen molar-refractivity contribution in [2.75, 3.05) is 0 Å². The normalized spacial score (nSPS) is 10.8. The van der Waals surface area contributed by atoms with Crippen LogP contribution in [0.5, 0.6) is 5.75 Å². The number of carboxylic acids is 1. The van der Waals surface area contributed by atoms with Gasteiger partial charge in [0.1, 0.15) is 18.2 Å². The maximum absolute atomic E-state index is 13.2. The van der Waals surface area contributed by atoms with E-state index in [2.05, 4.69) is 0 Å². The monoisotopic (exact) mass is 306 g/mol. The summed E-state index contributed by atoms with van der Waals surface area (Å²) in [6.45, 7) is 0.196. The van der Waals surface area contributed by atoms with Crippen molar-refractivity contribution in [3.63, 3.8) is 0 Å². The topological polar surface area (TPSA) is 46.5 Å². The molecule has 0 aromatic heterocycles. The summed E-state index contributed by atoms with van der Waals surface area (Å²) in [6.07, 6.45) is 2.30. The average molecular weight is 307 g/mol. The Kier molecular flexibility index (Phi) is 4.95. The first-order valence-corrected chi connectivity index (χ1v) is 6.50. The fourth-order valence-electron chi connectivity index (χ4n) is 1.71. The molecule has 21 heavy (non-hydrogen) atoms. The third-order valence-electron chi connectivity index (χ3n) is 2.72. The zero-order valence-corrected chi connectivity index (χ0v) is 11.7. The Bertz CT molecular complexity index is 666. The summed E-state index contributed by atoms with van der Waals surface area (Å²) >= 11 is 5.78. The molecule has 108 valence electrons. The molecule has 2 aromatic carbocycles. The molecule has 0 fully saturated rings. The molecule has 0 aliphatic carbocycles. The van der Waals surface area contributed by atoms with Crippen molar-refractivity contribution in [3.8, 4) is 5.75 Å². The number of rotatable bonds is 5. The average Bonchev–Trinajstić information content (AvgIpc) is 2.45. The second kappa shape index (κ2) is 6.90. The van der Waals surface area contributed by atoms with Crippen LogP contribution in [0.15, 0.2) is 48.5 Å². The molecule has 1 N–H and O–H groups in total. The lowest BCUT2D eigenvalue weighted by Gasteiger charge is -2.09. The molecular formula is C16H12ClFO3. The zero-order valence-electron chi connectivity index (χ0n) is 10.9. The van der Waals surface area contributed by atoms with Crippen molar-refractivity contribution < 1.29 is 19.0 Å². The molecule has 2 aromatic rings. The van der Waals surface area contributed by atoms with Gasteiger partial charge in [-0.1, -0.05) is 17.7 Å². The zero-order chi connectivity index (χ0) is 15.2. The summed E-state index contributed by atoms with van der Waals surface area (Å²) in [7, 11) is 0. The molecule has 3 nitrogen and oxygen atoms in total. The van der Waals surface area contributed by atoms with E-state index in [9.17, 15) is 9.18 Å². The summed E-state index contributed by atoms with van der Waals surface area (Å²) in [5.41, 5.74) is 1.15. The second-order valence-electron chi connectivity index (χ2n) is 4.26. The maximum Gasteiger partial charge on any atom is 0.328 e. The van der Waals surface area contributed by atoms with Crippen molar-refractivity contribution in [2.45, 2.75) is 6.61 Å². The van der Waals surface area contributed by atoms with Crippen LogP contribution in [0.25, 0.3) is 6.08 Å². The van der Waals surface area contributed by atoms with E-state index in [1.807, 2.05) is 0 Å². The number of carbonyl (C=O) groups is 1. The van der Waals surface area contributed by atoms with Crippen LogP contribution in [0.4, 0.5) is 4.39 Å². The summed E-state index contributed by atoms with van der Waals surface area (Å²) < 4.78 is 18.8. The highest BCUT2D eigenvalue weighted by Gasteiger charge is 2.04. The van der Waals surface area contributed by atoms with Crippen LogP contribution < -0.4 is 4.74 Å². The first kappa shape index (κ1) is 15.1. The Morgan fingerprint density at radius 1 is 1.24 bits per heavy atom. The molecule has 0 aliphatic heterocycles. The number of benzene rings is 2. The lowest BCUT2D eigenvalue weighted by atomic mass is 10.1. The van der Waals surface area contributed by atoms with E-state index in [1.54, 1.807) is 30.3 Å². The standard InChI is InChI=1S/C16H12ClFO3/c17-13-3-6-15(7-4-13)21-10-12-1-5-14(18)9-11(12)2-8-16(19)20/h1-9H,10H2,(H,19,20). The minimum Gasteiger partial charge on any atom is -0.489 e. The van der Waals surface area contributed by atoms with Gasteiger partial charge in [-0.05, 0) is 53.6 Å². The van der Waals surface area contributed by atoms with Crippen LogP contribution in [0.2, 0.25) is 5.02 Å². The van der Waals surface area contributed by atoms with E-state index in [0.717, 1.165) is 6.08 Å². The number of carboxylic acid groups (broad SMARTS) is 1. The Morgan fingerprint density at radius 3 is 2.62 bits per heavy atom. The van der Waals surface area contributed by atoms with Crippen LogP contribution in [0, 0.1) is 5.82 Å². The van der Waals surface area contributed by atoms with E-state index in [4.69, 9.17) is 21.4 Å². The highest BCUT2D eigenvalue weighted by molar-refractivity contribution is 6.30. The largest absolute Gasteiger partial charge is 0.489 e. The molecule has 0 saturated carbocycles. The van der Waals surface area contributed by atoms with Crippen molar-refractivity contribution in [1.29, 1.82) is 0 Å². The van der Waals surface area contributed by atoms with Gasteiger partial charge in [-0.3, -0.25) is 0 Å². The highest BCUT2D eigenvalue weighted by Crippen LogP contribution is 2.19. The van der Waals surface area contributed by atoms with Crippen molar-refractivity contribution in [1.82, 2.24) is 0 Å². The van der Waals surface area contributed by atoms with Gasteiger partial charge in [-0.2, -0.15) is 0 Å². The van der Waals surface area contributed by atoms with Crippen LogP contribution in [0.1, 0.15) is 11.1 Å². The number of hydrogen-bond donors (Lipinski definition) is 1. The molecule has 0 radical (unpaired) electrons. The van der Waals surface area contributed by atoms with Gasteiger partial charge in [0.05, 0.1) is 0 Å². The summed E-state index contributed by atoms with van der Waals surface area (Å²) in [6, 6.07) is 11.0. The van der Waals surface area contributed by atoms with Gasteiger partial charge < -0.3 is 9.84 Å². The lowest BCUT2D eigenvalue weighted by molar-refractivity contribution is -0.131. The second-order valence-corrected chi connectivity index (χ2v) is 4.69. The molecule has 0 unspecified atom stereocenters. The quantitative estimate of drug-likeness (QED) is 0.844. The third-order valence-corrected chi connectivity index (χ3v) is 2.97. The highest BCUT2D eigenvalue weighted by atomic mass is 35.5. The maximum atomic E-state index is 13.2. The summed E-state index contributed by atoms with van der Waals surface area (Å²) in [5.74, 6) is -0.906. The van der Waals surface area contributed by atoms with Gasteiger partial charge in [0.2, 0.25) is 0 Å². The van der Waals surface area contributed by atoms with Crippen LogP contribution in [0.3, 0.4) is 0 Å². The fraction of sp³-hybridized carbons (Fsp3) is 0.0625. The van der Waals surface area contributed by atoms with E-state index < -0.39 is 11.8 Å². The Balaban J connectivity index is 2.15. The van der Waals surface area contributed by atoms with Crippen LogP contribution in [-0.4, -0.2) is 11.1 Å². The molecule has 0 atom stereocenters. The van der Waals surface area contributed by atoms with Crippen LogP contribution >= 0.6 is 11.6 Å². The Labute approximate surface area is 126 Å². The number of hydrogen-bond acceptors (Lipinski definition) is 2. The number of ether oxygens (including phenoxy) is 1. The van der Waals surface area contributed by atoms with Crippen molar-refractivity contribution >= 4 is 23.6 Å². The minimum absolute atomic E-state index is 0.196. The van der Waals surface area contributed by atoms with E-state index in [0.29, 0.717) is 21.9 Å². The van der Waals surface area contributed by atoms with E-state index >= 15 is 0 Å². The first-order chi connectivity index (χ1) is 10.0. The summed E-state index contributed by atoms with van der Waals surface area (Å²) in [5, 5.41) is 9.25. The van der Waals surface area contributed by atoms with Crippen LogP contribution in [-0.2, 0) is 11.4 Å². The summed E-state index contributed by atoms with van der Waals surface area (Å²) in [4.78, 5) is 10.6. The molecule has 2 rings (SSSR count). The van der Waals surface area contributed by atoms with Gasteiger partial charge in [-0.15, -0.1) is 0 Å². The van der Waals surface area contributed by atoms with Gasteiger partial charge in [0.25, 0.3) is 0 Å². The molecule has 0 aliphatic rings. The Morgan fingerprint density at radius 2 is 1.95 bits per heavy atom.